The molecule has 1 aliphatic heterocycles. The van der Waals surface area contributed by atoms with Gasteiger partial charge in [-0.3, -0.25) is 0 Å². The third-order valence-corrected chi connectivity index (χ3v) is 4.23. The molecule has 0 saturated heterocycles. The summed E-state index contributed by atoms with van der Waals surface area (Å²) >= 11 is 0. The van der Waals surface area contributed by atoms with Gasteiger partial charge < -0.3 is 9.57 Å². The van der Waals surface area contributed by atoms with Gasteiger partial charge in [-0.15, -0.1) is 0 Å². The average molecular weight is 373 g/mol. The maximum Gasteiger partial charge on any atom is 0.368 e. The Morgan fingerprint density at radius 3 is 2.54 bits per heavy atom. The number of carbonyl (C=O) groups is 1. The molecule has 3 aromatic rings. The second kappa shape index (κ2) is 7.88. The monoisotopic (exact) mass is 373 g/mol. The summed E-state index contributed by atoms with van der Waals surface area (Å²) in [5.41, 5.74) is 3.35. The molecule has 0 atom stereocenters. The van der Waals surface area contributed by atoms with E-state index in [2.05, 4.69) is 5.16 Å². The fourth-order valence-electron chi connectivity index (χ4n) is 2.82. The van der Waals surface area contributed by atoms with Crippen LogP contribution in [0.3, 0.4) is 0 Å². The summed E-state index contributed by atoms with van der Waals surface area (Å²) in [6.45, 7) is 0.319. The topological polar surface area (TPSA) is 47.9 Å². The first-order valence-corrected chi connectivity index (χ1v) is 8.73. The van der Waals surface area contributed by atoms with Crippen LogP contribution in [0.2, 0.25) is 0 Å². The zero-order valence-corrected chi connectivity index (χ0v) is 14.8. The number of rotatable bonds is 5. The lowest BCUT2D eigenvalue weighted by atomic mass is 10.0. The number of oxime groups is 1. The van der Waals surface area contributed by atoms with Crippen molar-refractivity contribution in [1.29, 1.82) is 0 Å². The summed E-state index contributed by atoms with van der Waals surface area (Å²) < 4.78 is 18.8. The lowest BCUT2D eigenvalue weighted by molar-refractivity contribution is -0.136. The highest BCUT2D eigenvalue weighted by atomic mass is 19.1. The molecule has 0 aliphatic carbocycles. The van der Waals surface area contributed by atoms with Crippen LogP contribution in [0.25, 0.3) is 6.08 Å². The van der Waals surface area contributed by atoms with Crippen molar-refractivity contribution in [1.82, 2.24) is 0 Å². The van der Waals surface area contributed by atoms with Crippen molar-refractivity contribution in [2.45, 2.75) is 6.61 Å². The van der Waals surface area contributed by atoms with Crippen molar-refractivity contribution in [3.63, 3.8) is 0 Å². The molecule has 28 heavy (non-hydrogen) atoms. The number of halogens is 1. The van der Waals surface area contributed by atoms with Crippen LogP contribution in [-0.2, 0) is 16.2 Å². The SMILES string of the molecule is O=C1ON=C(c2ccccc2)C1=Cc1cccc(OCc2ccc(F)cc2)c1. The molecule has 5 heteroatoms. The van der Waals surface area contributed by atoms with Crippen molar-refractivity contribution in [2.75, 3.05) is 0 Å². The molecule has 0 saturated carbocycles. The highest BCUT2D eigenvalue weighted by Gasteiger charge is 2.26. The molecule has 0 amide bonds. The Labute approximate surface area is 161 Å². The van der Waals surface area contributed by atoms with Crippen LogP contribution < -0.4 is 4.74 Å². The Morgan fingerprint density at radius 1 is 0.964 bits per heavy atom. The van der Waals surface area contributed by atoms with Gasteiger partial charge in [0.2, 0.25) is 0 Å². The van der Waals surface area contributed by atoms with E-state index in [9.17, 15) is 9.18 Å². The Balaban J connectivity index is 1.54. The Hall–Kier alpha value is -3.73. The van der Waals surface area contributed by atoms with Gasteiger partial charge in [0.05, 0.1) is 5.57 Å². The molecule has 4 nitrogen and oxygen atoms in total. The Bertz CT molecular complexity index is 1060. The predicted octanol–water partition coefficient (Wildman–Crippen LogP) is 4.75. The molecule has 0 bridgehead atoms. The van der Waals surface area contributed by atoms with E-state index >= 15 is 0 Å². The molecule has 0 aromatic heterocycles. The maximum absolute atomic E-state index is 13.0. The molecule has 0 N–H and O–H groups in total. The fraction of sp³-hybridized carbons (Fsp3) is 0.0435. The third kappa shape index (κ3) is 3.99. The van der Waals surface area contributed by atoms with Crippen LogP contribution in [0.15, 0.2) is 89.6 Å². The van der Waals surface area contributed by atoms with Crippen molar-refractivity contribution in [3.8, 4) is 5.75 Å². The number of hydrogen-bond acceptors (Lipinski definition) is 4. The van der Waals surface area contributed by atoms with Crippen LogP contribution in [0.1, 0.15) is 16.7 Å². The first-order valence-electron chi connectivity index (χ1n) is 8.73. The summed E-state index contributed by atoms with van der Waals surface area (Å²) in [6.07, 6.45) is 1.73. The quantitative estimate of drug-likeness (QED) is 0.479. The van der Waals surface area contributed by atoms with Gasteiger partial charge in [-0.1, -0.05) is 59.8 Å². The van der Waals surface area contributed by atoms with Crippen molar-refractivity contribution < 1.29 is 18.8 Å². The second-order valence-electron chi connectivity index (χ2n) is 6.23. The summed E-state index contributed by atoms with van der Waals surface area (Å²) in [5, 5.41) is 3.91. The van der Waals surface area contributed by atoms with Gasteiger partial charge in [-0.05, 0) is 41.5 Å². The standard InChI is InChI=1S/C23H16FNO3/c24-19-11-9-16(10-12-19)15-27-20-8-4-5-17(13-20)14-21-22(25-28-23(21)26)18-6-2-1-3-7-18/h1-14H,15H2. The molecule has 138 valence electrons. The molecule has 0 spiro atoms. The first-order chi connectivity index (χ1) is 13.7. The molecule has 4 rings (SSSR count). The van der Waals surface area contributed by atoms with E-state index in [0.29, 0.717) is 23.6 Å². The highest BCUT2D eigenvalue weighted by molar-refractivity contribution is 6.31. The van der Waals surface area contributed by atoms with E-state index in [-0.39, 0.29) is 5.82 Å². The third-order valence-electron chi connectivity index (χ3n) is 4.23. The highest BCUT2D eigenvalue weighted by Crippen LogP contribution is 2.23. The van der Waals surface area contributed by atoms with Crippen LogP contribution in [-0.4, -0.2) is 11.7 Å². The molecule has 1 aliphatic rings. The van der Waals surface area contributed by atoms with Gasteiger partial charge in [-0.2, -0.15) is 0 Å². The summed E-state index contributed by atoms with van der Waals surface area (Å²) in [5.74, 6) is -0.128. The molecule has 0 fully saturated rings. The van der Waals surface area contributed by atoms with E-state index < -0.39 is 5.97 Å². The second-order valence-corrected chi connectivity index (χ2v) is 6.23. The van der Waals surface area contributed by atoms with E-state index in [4.69, 9.17) is 9.57 Å². The summed E-state index contributed by atoms with van der Waals surface area (Å²) in [7, 11) is 0. The van der Waals surface area contributed by atoms with Crippen LogP contribution >= 0.6 is 0 Å². The number of nitrogens with zero attached hydrogens (tertiary/aromatic N) is 1. The minimum absolute atomic E-state index is 0.281. The van der Waals surface area contributed by atoms with Gasteiger partial charge >= 0.3 is 5.97 Å². The molecule has 0 unspecified atom stereocenters. The number of hydrogen-bond donors (Lipinski definition) is 0. The van der Waals surface area contributed by atoms with E-state index in [1.807, 2.05) is 54.6 Å². The van der Waals surface area contributed by atoms with Crippen molar-refractivity contribution in [3.05, 3.63) is 107 Å². The van der Waals surface area contributed by atoms with Gasteiger partial charge in [-0.25, -0.2) is 9.18 Å². The summed E-state index contributed by atoms with van der Waals surface area (Å²) in [6, 6.07) is 22.9. The first kappa shape index (κ1) is 17.7. The Morgan fingerprint density at radius 2 is 1.75 bits per heavy atom. The van der Waals surface area contributed by atoms with Crippen molar-refractivity contribution >= 4 is 17.8 Å². The van der Waals surface area contributed by atoms with Gasteiger partial charge in [0.25, 0.3) is 0 Å². The maximum atomic E-state index is 13.0. The Kier molecular flexibility index (Phi) is 4.97. The molecule has 1 heterocycles. The minimum Gasteiger partial charge on any atom is -0.489 e. The zero-order valence-electron chi connectivity index (χ0n) is 14.8. The number of benzene rings is 3. The number of ether oxygens (including phenoxy) is 1. The van der Waals surface area contributed by atoms with Crippen LogP contribution in [0.5, 0.6) is 5.75 Å². The largest absolute Gasteiger partial charge is 0.489 e. The van der Waals surface area contributed by atoms with Crippen LogP contribution in [0.4, 0.5) is 4.39 Å². The lowest BCUT2D eigenvalue weighted by Crippen LogP contribution is -2.06. The minimum atomic E-state index is -0.489. The zero-order chi connectivity index (χ0) is 19.3. The number of carbonyl (C=O) groups excluding carboxylic acids is 1. The van der Waals surface area contributed by atoms with Gasteiger partial charge in [0.15, 0.2) is 0 Å². The van der Waals surface area contributed by atoms with E-state index in [1.165, 1.54) is 12.1 Å². The molecular formula is C23H16FNO3. The lowest BCUT2D eigenvalue weighted by Gasteiger charge is -2.07. The average Bonchev–Trinajstić information content (AvgIpc) is 3.09. The van der Waals surface area contributed by atoms with Crippen molar-refractivity contribution in [2.24, 2.45) is 5.16 Å². The molecular weight excluding hydrogens is 357 g/mol. The van der Waals surface area contributed by atoms with Gasteiger partial charge in [0.1, 0.15) is 23.9 Å². The predicted molar refractivity (Wildman–Crippen MR) is 104 cm³/mol. The van der Waals surface area contributed by atoms with E-state index in [1.54, 1.807) is 18.2 Å². The normalized spacial score (nSPS) is 14.7. The van der Waals surface area contributed by atoms with E-state index in [0.717, 1.165) is 16.7 Å². The molecule has 0 radical (unpaired) electrons. The smallest absolute Gasteiger partial charge is 0.368 e. The van der Waals surface area contributed by atoms with Gasteiger partial charge in [0, 0.05) is 5.56 Å². The van der Waals surface area contributed by atoms with Crippen LogP contribution in [0, 0.1) is 5.82 Å². The fourth-order valence-corrected chi connectivity index (χ4v) is 2.82. The summed E-state index contributed by atoms with van der Waals surface area (Å²) in [4.78, 5) is 17.0. The molecule has 3 aromatic carbocycles.